The Morgan fingerprint density at radius 2 is 2.32 bits per heavy atom. The molecule has 2 unspecified atom stereocenters. The van der Waals surface area contributed by atoms with E-state index in [0.717, 1.165) is 6.42 Å². The van der Waals surface area contributed by atoms with Crippen LogP contribution in [-0.4, -0.2) is 17.3 Å². The van der Waals surface area contributed by atoms with Crippen molar-refractivity contribution in [3.05, 3.63) is 11.7 Å². The van der Waals surface area contributed by atoms with E-state index >= 15 is 0 Å². The smallest absolute Gasteiger partial charge is 0.227 e. The Kier molecular flexibility index (Phi) is 4.20. The van der Waals surface area contributed by atoms with Gasteiger partial charge in [-0.3, -0.25) is 0 Å². The van der Waals surface area contributed by atoms with Crippen LogP contribution in [0.3, 0.4) is 0 Å². The summed E-state index contributed by atoms with van der Waals surface area (Å²) < 4.78 is 10.8. The zero-order valence-electron chi connectivity index (χ0n) is 11.8. The number of rotatable bonds is 7. The summed E-state index contributed by atoms with van der Waals surface area (Å²) in [7, 11) is 1.69. The molecule has 1 fully saturated rings. The molecule has 1 saturated carbocycles. The van der Waals surface area contributed by atoms with E-state index in [0.29, 0.717) is 30.5 Å². The van der Waals surface area contributed by atoms with Crippen molar-refractivity contribution in [1.29, 1.82) is 5.26 Å². The van der Waals surface area contributed by atoms with Gasteiger partial charge in [0.1, 0.15) is 6.10 Å². The third-order valence-corrected chi connectivity index (χ3v) is 3.98. The van der Waals surface area contributed by atoms with Crippen LogP contribution >= 0.6 is 0 Å². The van der Waals surface area contributed by atoms with Crippen LogP contribution in [0, 0.1) is 22.7 Å². The molecule has 0 spiro atoms. The van der Waals surface area contributed by atoms with Crippen molar-refractivity contribution in [3.8, 4) is 6.07 Å². The molecule has 5 heteroatoms. The number of nitriles is 1. The van der Waals surface area contributed by atoms with Crippen molar-refractivity contribution in [2.75, 3.05) is 7.11 Å². The first kappa shape index (κ1) is 14.0. The van der Waals surface area contributed by atoms with Gasteiger partial charge in [0.2, 0.25) is 11.7 Å². The van der Waals surface area contributed by atoms with Crippen molar-refractivity contribution in [3.63, 3.8) is 0 Å². The van der Waals surface area contributed by atoms with E-state index in [1.54, 1.807) is 7.11 Å². The number of nitrogens with zero attached hydrogens (tertiary/aromatic N) is 3. The average molecular weight is 263 g/mol. The van der Waals surface area contributed by atoms with Crippen LogP contribution in [0.25, 0.3) is 0 Å². The van der Waals surface area contributed by atoms with E-state index in [4.69, 9.17) is 14.5 Å². The van der Waals surface area contributed by atoms with Crippen molar-refractivity contribution >= 4 is 0 Å². The van der Waals surface area contributed by atoms with Crippen LogP contribution in [-0.2, 0) is 11.2 Å². The summed E-state index contributed by atoms with van der Waals surface area (Å²) in [6.07, 6.45) is 4.35. The topological polar surface area (TPSA) is 71.9 Å². The molecule has 5 nitrogen and oxygen atoms in total. The molecule has 0 N–H and O–H groups in total. The summed E-state index contributed by atoms with van der Waals surface area (Å²) in [5.74, 6) is 1.79. The lowest BCUT2D eigenvalue weighted by atomic mass is 9.81. The minimum Gasteiger partial charge on any atom is -0.373 e. The molecule has 0 saturated heterocycles. The fourth-order valence-electron chi connectivity index (χ4n) is 2.23. The van der Waals surface area contributed by atoms with Crippen molar-refractivity contribution in [2.24, 2.45) is 11.3 Å². The lowest BCUT2D eigenvalue weighted by Gasteiger charge is -2.22. The first-order valence-corrected chi connectivity index (χ1v) is 6.84. The van der Waals surface area contributed by atoms with Crippen LogP contribution in [0.4, 0.5) is 0 Å². The summed E-state index contributed by atoms with van der Waals surface area (Å²) in [6, 6.07) is 2.23. The maximum atomic E-state index is 8.89. The molecule has 2 rings (SSSR count). The lowest BCUT2D eigenvalue weighted by molar-refractivity contribution is 0.0751. The van der Waals surface area contributed by atoms with Gasteiger partial charge in [0.15, 0.2) is 0 Å². The monoisotopic (exact) mass is 263 g/mol. The van der Waals surface area contributed by atoms with Gasteiger partial charge >= 0.3 is 0 Å². The molecule has 1 heterocycles. The Bertz CT molecular complexity index is 462. The van der Waals surface area contributed by atoms with Gasteiger partial charge in [0.05, 0.1) is 6.07 Å². The Labute approximate surface area is 113 Å². The third kappa shape index (κ3) is 3.32. The molecule has 1 aromatic heterocycles. The molecule has 104 valence electrons. The molecule has 0 aromatic carbocycles. The van der Waals surface area contributed by atoms with Gasteiger partial charge in [-0.2, -0.15) is 10.2 Å². The largest absolute Gasteiger partial charge is 0.373 e. The number of methoxy groups -OCH3 is 1. The SMILES string of the molecule is CCC(C)(CC#N)Cc1nc(C(OC)C2CC2)no1. The third-order valence-electron chi connectivity index (χ3n) is 3.98. The fraction of sp³-hybridized carbons (Fsp3) is 0.786. The summed E-state index contributed by atoms with van der Waals surface area (Å²) in [5, 5.41) is 12.9. The molecule has 1 aromatic rings. The summed E-state index contributed by atoms with van der Waals surface area (Å²) >= 11 is 0. The first-order chi connectivity index (χ1) is 9.11. The molecule has 1 aliphatic carbocycles. The molecule has 2 atom stereocenters. The second-order valence-corrected chi connectivity index (χ2v) is 5.72. The maximum Gasteiger partial charge on any atom is 0.227 e. The normalized spacial score (nSPS) is 19.7. The van der Waals surface area contributed by atoms with Gasteiger partial charge in [-0.1, -0.05) is 19.0 Å². The van der Waals surface area contributed by atoms with E-state index < -0.39 is 0 Å². The number of hydrogen-bond acceptors (Lipinski definition) is 5. The molecule has 0 radical (unpaired) electrons. The highest BCUT2D eigenvalue weighted by molar-refractivity contribution is 5.00. The summed E-state index contributed by atoms with van der Waals surface area (Å²) in [6.45, 7) is 4.16. The van der Waals surface area contributed by atoms with Gasteiger partial charge < -0.3 is 9.26 Å². The second-order valence-electron chi connectivity index (χ2n) is 5.72. The van der Waals surface area contributed by atoms with Crippen LogP contribution in [0.5, 0.6) is 0 Å². The predicted octanol–water partition coefficient (Wildman–Crippen LogP) is 3.04. The van der Waals surface area contributed by atoms with Crippen molar-refractivity contribution in [2.45, 2.75) is 52.1 Å². The molecule has 0 bridgehead atoms. The Balaban J connectivity index is 2.06. The summed E-state index contributed by atoms with van der Waals surface area (Å²) in [4.78, 5) is 4.45. The molecular weight excluding hydrogens is 242 g/mol. The van der Waals surface area contributed by atoms with Gasteiger partial charge in [0, 0.05) is 20.0 Å². The molecule has 1 aliphatic rings. The first-order valence-electron chi connectivity index (χ1n) is 6.84. The van der Waals surface area contributed by atoms with E-state index in [9.17, 15) is 0 Å². The predicted molar refractivity (Wildman–Crippen MR) is 69.1 cm³/mol. The minimum absolute atomic E-state index is 0.0404. The highest BCUT2D eigenvalue weighted by Crippen LogP contribution is 2.42. The van der Waals surface area contributed by atoms with Gasteiger partial charge in [-0.15, -0.1) is 0 Å². The highest BCUT2D eigenvalue weighted by Gasteiger charge is 2.36. The molecule has 19 heavy (non-hydrogen) atoms. The Hall–Kier alpha value is -1.41. The number of hydrogen-bond donors (Lipinski definition) is 0. The number of ether oxygens (including phenoxy) is 1. The zero-order chi connectivity index (χ0) is 13.9. The zero-order valence-corrected chi connectivity index (χ0v) is 11.8. The van der Waals surface area contributed by atoms with Crippen LogP contribution in [0.1, 0.15) is 57.3 Å². The Morgan fingerprint density at radius 3 is 2.84 bits per heavy atom. The van der Waals surface area contributed by atoms with Gasteiger partial charge in [0.25, 0.3) is 0 Å². The second kappa shape index (κ2) is 5.70. The van der Waals surface area contributed by atoms with E-state index in [2.05, 4.69) is 30.1 Å². The summed E-state index contributed by atoms with van der Waals surface area (Å²) in [5.41, 5.74) is -0.0965. The van der Waals surface area contributed by atoms with E-state index in [1.165, 1.54) is 12.8 Å². The highest BCUT2D eigenvalue weighted by atomic mass is 16.5. The minimum atomic E-state index is -0.0965. The quantitative estimate of drug-likeness (QED) is 0.756. The number of aromatic nitrogens is 2. The standard InChI is InChI=1S/C14H21N3O2/c1-4-14(2,7-8-15)9-11-16-13(17-19-11)12(18-3)10-5-6-10/h10,12H,4-7,9H2,1-3H3. The van der Waals surface area contributed by atoms with Crippen molar-refractivity contribution in [1.82, 2.24) is 10.1 Å². The fourth-order valence-corrected chi connectivity index (χ4v) is 2.23. The van der Waals surface area contributed by atoms with E-state index in [1.807, 2.05) is 0 Å². The lowest BCUT2D eigenvalue weighted by Crippen LogP contribution is -2.18. The molecule has 0 aliphatic heterocycles. The van der Waals surface area contributed by atoms with Gasteiger partial charge in [-0.25, -0.2) is 0 Å². The van der Waals surface area contributed by atoms with Gasteiger partial charge in [-0.05, 0) is 30.6 Å². The van der Waals surface area contributed by atoms with Crippen molar-refractivity contribution < 1.29 is 9.26 Å². The van der Waals surface area contributed by atoms with Crippen LogP contribution < -0.4 is 0 Å². The van der Waals surface area contributed by atoms with Crippen LogP contribution in [0.2, 0.25) is 0 Å². The molecule has 0 amide bonds. The Morgan fingerprint density at radius 1 is 1.58 bits per heavy atom. The maximum absolute atomic E-state index is 8.89. The average Bonchev–Trinajstić information content (AvgIpc) is 3.12. The van der Waals surface area contributed by atoms with E-state index in [-0.39, 0.29) is 11.5 Å². The van der Waals surface area contributed by atoms with Crippen LogP contribution in [0.15, 0.2) is 4.52 Å². The molecular formula is C14H21N3O2.